The fraction of sp³-hybridized carbons (Fsp3) is 0.667. The van der Waals surface area contributed by atoms with Crippen LogP contribution in [-0.2, 0) is 14.3 Å². The first-order valence-electron chi connectivity index (χ1n) is 4.81. The summed E-state index contributed by atoms with van der Waals surface area (Å²) in [7, 11) is 1.27. The van der Waals surface area contributed by atoms with Gasteiger partial charge in [0.1, 0.15) is 6.04 Å². The first-order valence-corrected chi connectivity index (χ1v) is 5.79. The number of carbonyl (C=O) groups excluding carboxylic acids is 3. The quantitative estimate of drug-likeness (QED) is 0.678. The number of rotatable bonds is 3. The smallest absolute Gasteiger partial charge is 0.328 e. The molecule has 1 heterocycles. The van der Waals surface area contributed by atoms with Crippen molar-refractivity contribution < 1.29 is 19.1 Å². The Balaban J connectivity index is 2.50. The van der Waals surface area contributed by atoms with Gasteiger partial charge in [-0.15, -0.1) is 0 Å². The maximum Gasteiger partial charge on any atom is 0.328 e. The summed E-state index contributed by atoms with van der Waals surface area (Å²) < 4.78 is 4.56. The van der Waals surface area contributed by atoms with Crippen molar-refractivity contribution in [2.24, 2.45) is 0 Å². The Labute approximate surface area is 97.5 Å². The Hall–Kier alpha value is -1.24. The van der Waals surface area contributed by atoms with Gasteiger partial charge in [0.2, 0.25) is 0 Å². The van der Waals surface area contributed by atoms with Crippen molar-refractivity contribution in [1.29, 1.82) is 0 Å². The fourth-order valence-electron chi connectivity index (χ4n) is 1.41. The van der Waals surface area contributed by atoms with E-state index in [4.69, 9.17) is 0 Å². The lowest BCUT2D eigenvalue weighted by Gasteiger charge is -2.29. The second kappa shape index (κ2) is 5.74. The van der Waals surface area contributed by atoms with Crippen LogP contribution in [0.2, 0.25) is 0 Å². The summed E-state index contributed by atoms with van der Waals surface area (Å²) in [6.07, 6.45) is 0.429. The molecule has 2 atom stereocenters. The molecule has 0 bridgehead atoms. The molecule has 2 N–H and O–H groups in total. The molecule has 0 aromatic rings. The van der Waals surface area contributed by atoms with Gasteiger partial charge in [-0.05, 0) is 6.42 Å². The number of hydrogen-bond donors (Lipinski definition) is 2. The molecule has 2 amide bonds. The van der Waals surface area contributed by atoms with Crippen molar-refractivity contribution >= 4 is 28.9 Å². The van der Waals surface area contributed by atoms with E-state index >= 15 is 0 Å². The topological polar surface area (TPSA) is 84.5 Å². The van der Waals surface area contributed by atoms with Crippen LogP contribution in [0.25, 0.3) is 0 Å². The Morgan fingerprint density at radius 2 is 2.19 bits per heavy atom. The minimum Gasteiger partial charge on any atom is -0.467 e. The molecule has 0 aromatic carbocycles. The predicted molar refractivity (Wildman–Crippen MR) is 59.0 cm³/mol. The molecule has 16 heavy (non-hydrogen) atoms. The van der Waals surface area contributed by atoms with Gasteiger partial charge in [-0.3, -0.25) is 4.79 Å². The minimum atomic E-state index is -0.628. The van der Waals surface area contributed by atoms with E-state index in [1.807, 2.05) is 0 Å². The van der Waals surface area contributed by atoms with Crippen LogP contribution in [0, 0.1) is 0 Å². The second-order valence-electron chi connectivity index (χ2n) is 3.43. The standard InChI is InChI=1S/C9H14N2O4S/c1-5(12)16-4-6-3-7(8(13)15-2)11-9(14)10-6/h6-7H,3-4H2,1-2H3,(H2,10,11,14)/t6-,7+/m1/s1. The maximum absolute atomic E-state index is 11.3. The van der Waals surface area contributed by atoms with E-state index in [-0.39, 0.29) is 11.2 Å². The summed E-state index contributed by atoms with van der Waals surface area (Å²) in [5, 5.41) is 5.10. The molecule has 1 fully saturated rings. The molecule has 0 aliphatic carbocycles. The summed E-state index contributed by atoms with van der Waals surface area (Å²) in [4.78, 5) is 33.3. The minimum absolute atomic E-state index is 0.0117. The van der Waals surface area contributed by atoms with Gasteiger partial charge in [0.25, 0.3) is 0 Å². The molecule has 1 aliphatic heterocycles. The Morgan fingerprint density at radius 3 is 2.75 bits per heavy atom. The predicted octanol–water partition coefficient (Wildman–Crippen LogP) is -0.121. The third kappa shape index (κ3) is 3.73. The molecule has 1 rings (SSSR count). The van der Waals surface area contributed by atoms with Crippen LogP contribution in [0.1, 0.15) is 13.3 Å². The van der Waals surface area contributed by atoms with E-state index in [1.54, 1.807) is 0 Å². The van der Waals surface area contributed by atoms with Crippen molar-refractivity contribution in [2.75, 3.05) is 12.9 Å². The van der Waals surface area contributed by atoms with Crippen molar-refractivity contribution in [3.63, 3.8) is 0 Å². The number of hydrogen-bond acceptors (Lipinski definition) is 5. The van der Waals surface area contributed by atoms with Gasteiger partial charge >= 0.3 is 12.0 Å². The molecular weight excluding hydrogens is 232 g/mol. The molecule has 0 spiro atoms. The largest absolute Gasteiger partial charge is 0.467 e. The van der Waals surface area contributed by atoms with E-state index in [2.05, 4.69) is 15.4 Å². The molecule has 0 saturated carbocycles. The molecule has 0 aromatic heterocycles. The molecule has 7 heteroatoms. The number of urea groups is 1. The Kier molecular flexibility index (Phi) is 4.60. The van der Waals surface area contributed by atoms with Gasteiger partial charge in [0.05, 0.1) is 7.11 Å². The van der Waals surface area contributed by atoms with Crippen LogP contribution in [0.5, 0.6) is 0 Å². The Morgan fingerprint density at radius 1 is 1.50 bits per heavy atom. The summed E-state index contributed by atoms with van der Waals surface area (Å²) in [5.41, 5.74) is 0. The highest BCUT2D eigenvalue weighted by molar-refractivity contribution is 8.13. The maximum atomic E-state index is 11.3. The number of nitrogens with one attached hydrogen (secondary N) is 2. The van der Waals surface area contributed by atoms with E-state index in [0.29, 0.717) is 12.2 Å². The summed E-state index contributed by atoms with van der Waals surface area (Å²) in [6.45, 7) is 1.46. The summed E-state index contributed by atoms with van der Waals surface area (Å²) in [6, 6.07) is -1.22. The average Bonchev–Trinajstić information content (AvgIpc) is 2.24. The van der Waals surface area contributed by atoms with E-state index in [1.165, 1.54) is 14.0 Å². The lowest BCUT2D eigenvalue weighted by atomic mass is 10.1. The zero-order chi connectivity index (χ0) is 12.1. The first-order chi connectivity index (χ1) is 7.52. The average molecular weight is 246 g/mol. The van der Waals surface area contributed by atoms with Gasteiger partial charge in [-0.1, -0.05) is 11.8 Å². The van der Waals surface area contributed by atoms with Crippen molar-refractivity contribution in [3.05, 3.63) is 0 Å². The zero-order valence-corrected chi connectivity index (χ0v) is 9.93. The van der Waals surface area contributed by atoms with Crippen molar-refractivity contribution in [3.8, 4) is 0 Å². The van der Waals surface area contributed by atoms with Crippen LogP contribution < -0.4 is 10.6 Å². The highest BCUT2D eigenvalue weighted by Crippen LogP contribution is 2.12. The van der Waals surface area contributed by atoms with Crippen LogP contribution >= 0.6 is 11.8 Å². The van der Waals surface area contributed by atoms with Crippen LogP contribution in [0.3, 0.4) is 0 Å². The highest BCUT2D eigenvalue weighted by Gasteiger charge is 2.31. The number of carbonyl (C=O) groups is 3. The molecular formula is C9H14N2O4S. The zero-order valence-electron chi connectivity index (χ0n) is 9.11. The molecule has 90 valence electrons. The number of amides is 2. The van der Waals surface area contributed by atoms with Gasteiger partial charge in [-0.2, -0.15) is 0 Å². The molecule has 1 aliphatic rings. The van der Waals surface area contributed by atoms with Gasteiger partial charge in [0, 0.05) is 18.7 Å². The van der Waals surface area contributed by atoms with Crippen LogP contribution in [0.4, 0.5) is 4.79 Å². The molecule has 0 radical (unpaired) electrons. The third-order valence-electron chi connectivity index (χ3n) is 2.13. The first kappa shape index (κ1) is 12.8. The molecule has 0 unspecified atom stereocenters. The van der Waals surface area contributed by atoms with E-state index < -0.39 is 18.0 Å². The number of thioether (sulfide) groups is 1. The fourth-order valence-corrected chi connectivity index (χ4v) is 2.07. The molecule has 6 nitrogen and oxygen atoms in total. The second-order valence-corrected chi connectivity index (χ2v) is 4.63. The summed E-state index contributed by atoms with van der Waals surface area (Å²) >= 11 is 1.13. The monoisotopic (exact) mass is 246 g/mol. The van der Waals surface area contributed by atoms with Gasteiger partial charge in [0.15, 0.2) is 5.12 Å². The van der Waals surface area contributed by atoms with E-state index in [0.717, 1.165) is 11.8 Å². The highest BCUT2D eigenvalue weighted by atomic mass is 32.2. The third-order valence-corrected chi connectivity index (χ3v) is 3.11. The van der Waals surface area contributed by atoms with Crippen LogP contribution in [-0.4, -0.2) is 42.1 Å². The van der Waals surface area contributed by atoms with E-state index in [9.17, 15) is 14.4 Å². The number of methoxy groups -OCH3 is 1. The number of esters is 1. The normalized spacial score (nSPS) is 24.2. The summed E-state index contributed by atoms with van der Waals surface area (Å²) in [5.74, 6) is 0.00338. The SMILES string of the molecule is COC(=O)[C@@H]1C[C@H](CSC(C)=O)NC(=O)N1. The van der Waals surface area contributed by atoms with Gasteiger partial charge < -0.3 is 15.4 Å². The molecule has 1 saturated heterocycles. The lowest BCUT2D eigenvalue weighted by Crippen LogP contribution is -2.58. The number of ether oxygens (including phenoxy) is 1. The van der Waals surface area contributed by atoms with Crippen molar-refractivity contribution in [2.45, 2.75) is 25.4 Å². The van der Waals surface area contributed by atoms with Crippen LogP contribution in [0.15, 0.2) is 0 Å². The van der Waals surface area contributed by atoms with Crippen molar-refractivity contribution in [1.82, 2.24) is 10.6 Å². The Bertz CT molecular complexity index is 308. The lowest BCUT2D eigenvalue weighted by molar-refractivity contribution is -0.143. The van der Waals surface area contributed by atoms with Gasteiger partial charge in [-0.25, -0.2) is 9.59 Å².